The van der Waals surface area contributed by atoms with Crippen molar-refractivity contribution in [2.24, 2.45) is 5.73 Å². The number of hydrogen-bond acceptors (Lipinski definition) is 4. The van der Waals surface area contributed by atoms with Gasteiger partial charge in [0.25, 0.3) is 5.91 Å². The topological polar surface area (TPSA) is 84.2 Å². The Kier molecular flexibility index (Phi) is 4.77. The molecule has 1 saturated carbocycles. The third-order valence-corrected chi connectivity index (χ3v) is 3.95. The van der Waals surface area contributed by atoms with Crippen molar-refractivity contribution in [2.75, 3.05) is 13.1 Å². The zero-order valence-corrected chi connectivity index (χ0v) is 12.1. The van der Waals surface area contributed by atoms with E-state index in [2.05, 4.69) is 22.5 Å². The monoisotopic (exact) mass is 291 g/mol. The largest absolute Gasteiger partial charge is 0.352 e. The molecule has 0 radical (unpaired) electrons. The van der Waals surface area contributed by atoms with Crippen LogP contribution in [0.25, 0.3) is 0 Å². The van der Waals surface area contributed by atoms with Crippen molar-refractivity contribution >= 4 is 23.2 Å². The number of thiophene rings is 1. The van der Waals surface area contributed by atoms with Gasteiger partial charge in [-0.25, -0.2) is 0 Å². The number of rotatable bonds is 4. The highest BCUT2D eigenvalue weighted by Gasteiger charge is 2.23. The summed E-state index contributed by atoms with van der Waals surface area (Å²) < 4.78 is 0. The lowest BCUT2D eigenvalue weighted by Crippen LogP contribution is -2.37. The first-order valence-electron chi connectivity index (χ1n) is 6.47. The van der Waals surface area contributed by atoms with Gasteiger partial charge < -0.3 is 16.4 Å². The number of carbonyl (C=O) groups is 2. The molecule has 20 heavy (non-hydrogen) atoms. The van der Waals surface area contributed by atoms with E-state index in [1.54, 1.807) is 6.07 Å². The van der Waals surface area contributed by atoms with E-state index in [0.29, 0.717) is 17.5 Å². The molecule has 1 aliphatic carbocycles. The Hall–Kier alpha value is -1.84. The van der Waals surface area contributed by atoms with Crippen LogP contribution in [-0.4, -0.2) is 30.9 Å². The first kappa shape index (κ1) is 14.6. The average Bonchev–Trinajstić information content (AvgIpc) is 3.15. The van der Waals surface area contributed by atoms with E-state index in [9.17, 15) is 9.59 Å². The summed E-state index contributed by atoms with van der Waals surface area (Å²) in [5, 5.41) is 5.43. The molecule has 0 unspecified atom stereocenters. The first-order valence-corrected chi connectivity index (χ1v) is 7.28. The third kappa shape index (κ3) is 4.08. The maximum Gasteiger partial charge on any atom is 0.261 e. The van der Waals surface area contributed by atoms with Crippen LogP contribution >= 0.6 is 11.3 Å². The van der Waals surface area contributed by atoms with E-state index in [4.69, 9.17) is 5.73 Å². The van der Waals surface area contributed by atoms with Gasteiger partial charge in [-0.05, 0) is 31.4 Å². The van der Waals surface area contributed by atoms with Crippen molar-refractivity contribution in [1.82, 2.24) is 10.6 Å². The fourth-order valence-electron chi connectivity index (χ4n) is 1.60. The Bertz CT molecular complexity index is 579. The fraction of sp³-hybridized carbons (Fsp3) is 0.429. The number of nitrogens with two attached hydrogens (primary N) is 1. The van der Waals surface area contributed by atoms with Crippen molar-refractivity contribution in [3.05, 3.63) is 21.4 Å². The highest BCUT2D eigenvalue weighted by molar-refractivity contribution is 7.14. The Labute approximate surface area is 121 Å². The molecular formula is C14H17N3O2S. The SMILES string of the molecule is Cc1cc(C(=O)NCC(=O)NC2CC2)sc1C#CCN. The molecule has 2 rings (SSSR count). The molecule has 0 atom stereocenters. The van der Waals surface area contributed by atoms with Crippen LogP contribution in [0.1, 0.15) is 33.0 Å². The van der Waals surface area contributed by atoms with Crippen molar-refractivity contribution in [2.45, 2.75) is 25.8 Å². The van der Waals surface area contributed by atoms with Gasteiger partial charge in [0.1, 0.15) is 0 Å². The maximum atomic E-state index is 11.9. The zero-order chi connectivity index (χ0) is 14.5. The van der Waals surface area contributed by atoms with E-state index in [0.717, 1.165) is 23.3 Å². The minimum Gasteiger partial charge on any atom is -0.352 e. The van der Waals surface area contributed by atoms with Gasteiger partial charge in [-0.3, -0.25) is 9.59 Å². The second kappa shape index (κ2) is 6.55. The minimum atomic E-state index is -0.246. The summed E-state index contributed by atoms with van der Waals surface area (Å²) in [6.07, 6.45) is 2.07. The van der Waals surface area contributed by atoms with Crippen molar-refractivity contribution in [3.63, 3.8) is 0 Å². The molecule has 0 bridgehead atoms. The molecule has 0 aliphatic heterocycles. The van der Waals surface area contributed by atoms with Gasteiger partial charge in [0, 0.05) is 6.04 Å². The Morgan fingerprint density at radius 3 is 2.90 bits per heavy atom. The van der Waals surface area contributed by atoms with Crippen LogP contribution in [0.3, 0.4) is 0 Å². The number of carbonyl (C=O) groups excluding carboxylic acids is 2. The lowest BCUT2D eigenvalue weighted by molar-refractivity contribution is -0.120. The molecule has 1 aliphatic rings. The first-order chi connectivity index (χ1) is 9.60. The van der Waals surface area contributed by atoms with Crippen LogP contribution in [0, 0.1) is 18.8 Å². The zero-order valence-electron chi connectivity index (χ0n) is 11.3. The molecule has 2 amide bonds. The lowest BCUT2D eigenvalue weighted by Gasteiger charge is -2.04. The van der Waals surface area contributed by atoms with Gasteiger partial charge in [0.05, 0.1) is 22.8 Å². The molecule has 0 saturated heterocycles. The number of amides is 2. The lowest BCUT2D eigenvalue weighted by atomic mass is 10.2. The summed E-state index contributed by atoms with van der Waals surface area (Å²) in [6, 6.07) is 2.08. The highest BCUT2D eigenvalue weighted by atomic mass is 32.1. The van der Waals surface area contributed by atoms with Crippen molar-refractivity contribution in [3.8, 4) is 11.8 Å². The van der Waals surface area contributed by atoms with Gasteiger partial charge in [0.15, 0.2) is 0 Å². The van der Waals surface area contributed by atoms with Crippen LogP contribution in [0.5, 0.6) is 0 Å². The molecule has 106 valence electrons. The second-order valence-corrected chi connectivity index (χ2v) is 5.71. The summed E-state index contributed by atoms with van der Waals surface area (Å²) in [5.74, 6) is 5.31. The van der Waals surface area contributed by atoms with Gasteiger partial charge in [-0.2, -0.15) is 0 Å². The van der Waals surface area contributed by atoms with Crippen molar-refractivity contribution in [1.29, 1.82) is 0 Å². The number of nitrogens with one attached hydrogen (secondary N) is 2. The van der Waals surface area contributed by atoms with E-state index in [1.165, 1.54) is 11.3 Å². The van der Waals surface area contributed by atoms with Crippen LogP contribution in [0.4, 0.5) is 0 Å². The quantitative estimate of drug-likeness (QED) is 0.701. The molecule has 6 heteroatoms. The van der Waals surface area contributed by atoms with E-state index in [1.807, 2.05) is 6.92 Å². The van der Waals surface area contributed by atoms with Crippen LogP contribution in [0.15, 0.2) is 6.07 Å². The van der Waals surface area contributed by atoms with Gasteiger partial charge in [-0.15, -0.1) is 11.3 Å². The smallest absolute Gasteiger partial charge is 0.261 e. The average molecular weight is 291 g/mol. The molecule has 0 spiro atoms. The summed E-state index contributed by atoms with van der Waals surface area (Å²) >= 11 is 1.31. The van der Waals surface area contributed by atoms with Crippen LogP contribution in [0.2, 0.25) is 0 Å². The predicted octanol–water partition coefficient (Wildman–Crippen LogP) is 0.375. The molecular weight excluding hydrogens is 274 g/mol. The summed E-state index contributed by atoms with van der Waals surface area (Å²) in [4.78, 5) is 24.8. The predicted molar refractivity (Wildman–Crippen MR) is 78.5 cm³/mol. The molecule has 1 heterocycles. The van der Waals surface area contributed by atoms with Gasteiger partial charge in [0.2, 0.25) is 5.91 Å². The minimum absolute atomic E-state index is 0.0100. The molecule has 1 fully saturated rings. The van der Waals surface area contributed by atoms with E-state index < -0.39 is 0 Å². The Morgan fingerprint density at radius 1 is 1.50 bits per heavy atom. The van der Waals surface area contributed by atoms with Gasteiger partial charge >= 0.3 is 0 Å². The Balaban J connectivity index is 1.89. The van der Waals surface area contributed by atoms with Gasteiger partial charge in [-0.1, -0.05) is 11.8 Å². The standard InChI is InChI=1S/C14H17N3O2S/c1-9-7-12(20-11(9)3-2-6-15)14(19)16-8-13(18)17-10-4-5-10/h7,10H,4-6,8,15H2,1H3,(H,16,19)(H,17,18). The molecule has 5 nitrogen and oxygen atoms in total. The number of aryl methyl sites for hydroxylation is 1. The Morgan fingerprint density at radius 2 is 2.25 bits per heavy atom. The maximum absolute atomic E-state index is 11.9. The molecule has 0 aromatic carbocycles. The normalized spacial score (nSPS) is 13.3. The van der Waals surface area contributed by atoms with Crippen LogP contribution in [-0.2, 0) is 4.79 Å². The van der Waals surface area contributed by atoms with Crippen molar-refractivity contribution < 1.29 is 9.59 Å². The number of hydrogen-bond donors (Lipinski definition) is 3. The molecule has 1 aromatic rings. The van der Waals surface area contributed by atoms with E-state index >= 15 is 0 Å². The summed E-state index contributed by atoms with van der Waals surface area (Å²) in [5.41, 5.74) is 6.27. The van der Waals surface area contributed by atoms with E-state index in [-0.39, 0.29) is 18.4 Å². The van der Waals surface area contributed by atoms with Crippen LogP contribution < -0.4 is 16.4 Å². The highest BCUT2D eigenvalue weighted by Crippen LogP contribution is 2.21. The third-order valence-electron chi connectivity index (χ3n) is 2.80. The fourth-order valence-corrected chi connectivity index (χ4v) is 2.57. The second-order valence-electron chi connectivity index (χ2n) is 4.65. The molecule has 1 aromatic heterocycles. The summed E-state index contributed by atoms with van der Waals surface area (Å²) in [6.45, 7) is 2.20. The summed E-state index contributed by atoms with van der Waals surface area (Å²) in [7, 11) is 0. The molecule has 4 N–H and O–H groups in total.